The molecule has 0 aliphatic rings. The fourth-order valence-electron chi connectivity index (χ4n) is 2.67. The standard InChI is InChI=1S/C21H20NO2P/c1-16-12-14-17(15-13-16)22-20(21(23)24)25(18-8-4-2-5-9-18)19-10-6-3-7-11-19/h2-15,20,22H,1H3,(H,23,24). The molecule has 0 aromatic heterocycles. The Hall–Kier alpha value is -2.64. The molecular formula is C21H20NO2P. The Kier molecular flexibility index (Phi) is 5.47. The molecule has 0 bridgehead atoms. The van der Waals surface area contributed by atoms with E-state index in [1.807, 2.05) is 91.9 Å². The molecule has 0 amide bonds. The fraction of sp³-hybridized carbons (Fsp3) is 0.0952. The first-order chi connectivity index (χ1) is 12.1. The maximum Gasteiger partial charge on any atom is 0.331 e. The molecule has 0 heterocycles. The summed E-state index contributed by atoms with van der Waals surface area (Å²) in [5.41, 5.74) is 1.96. The molecule has 0 fully saturated rings. The summed E-state index contributed by atoms with van der Waals surface area (Å²) >= 11 is 0. The maximum atomic E-state index is 12.1. The minimum Gasteiger partial charge on any atom is -0.479 e. The number of carbonyl (C=O) groups is 1. The highest BCUT2D eigenvalue weighted by atomic mass is 31.1. The van der Waals surface area contributed by atoms with Crippen LogP contribution in [0.2, 0.25) is 0 Å². The molecule has 0 aliphatic heterocycles. The predicted molar refractivity (Wildman–Crippen MR) is 105 cm³/mol. The summed E-state index contributed by atoms with van der Waals surface area (Å²) in [6.45, 7) is 2.01. The summed E-state index contributed by atoms with van der Waals surface area (Å²) in [6.07, 6.45) is 0. The zero-order chi connectivity index (χ0) is 17.6. The minimum absolute atomic E-state index is 0.706. The average molecular weight is 349 g/mol. The lowest BCUT2D eigenvalue weighted by molar-refractivity contribution is -0.135. The van der Waals surface area contributed by atoms with E-state index in [4.69, 9.17) is 0 Å². The number of rotatable bonds is 6. The molecule has 0 spiro atoms. The highest BCUT2D eigenvalue weighted by molar-refractivity contribution is 7.74. The Labute approximate surface area is 149 Å². The van der Waals surface area contributed by atoms with Gasteiger partial charge < -0.3 is 10.4 Å². The predicted octanol–water partition coefficient (Wildman–Crippen LogP) is 3.95. The molecule has 0 aliphatic carbocycles. The average Bonchev–Trinajstić information content (AvgIpc) is 2.64. The molecule has 0 saturated carbocycles. The molecule has 0 radical (unpaired) electrons. The molecule has 3 aromatic carbocycles. The highest BCUT2D eigenvalue weighted by Crippen LogP contribution is 2.40. The van der Waals surface area contributed by atoms with Crippen LogP contribution >= 0.6 is 7.92 Å². The van der Waals surface area contributed by atoms with Gasteiger partial charge in [0.05, 0.1) is 0 Å². The number of anilines is 1. The van der Waals surface area contributed by atoms with Crippen molar-refractivity contribution in [2.75, 3.05) is 5.32 Å². The van der Waals surface area contributed by atoms with E-state index >= 15 is 0 Å². The third kappa shape index (κ3) is 4.26. The SMILES string of the molecule is Cc1ccc(NC(C(=O)O)P(c2ccccc2)c2ccccc2)cc1. The van der Waals surface area contributed by atoms with Gasteiger partial charge in [-0.2, -0.15) is 0 Å². The largest absolute Gasteiger partial charge is 0.479 e. The summed E-state index contributed by atoms with van der Waals surface area (Å²) in [7, 11) is -1.10. The van der Waals surface area contributed by atoms with E-state index in [2.05, 4.69) is 5.32 Å². The summed E-state index contributed by atoms with van der Waals surface area (Å²) in [4.78, 5) is 12.1. The van der Waals surface area contributed by atoms with Crippen molar-refractivity contribution in [2.45, 2.75) is 12.7 Å². The number of hydrogen-bond acceptors (Lipinski definition) is 2. The zero-order valence-electron chi connectivity index (χ0n) is 14.0. The molecule has 2 N–H and O–H groups in total. The molecule has 1 unspecified atom stereocenters. The Morgan fingerprint density at radius 1 is 0.840 bits per heavy atom. The third-order valence-corrected chi connectivity index (χ3v) is 6.49. The van der Waals surface area contributed by atoms with Crippen LogP contribution in [-0.2, 0) is 4.79 Å². The number of carboxylic acid groups (broad SMARTS) is 1. The van der Waals surface area contributed by atoms with Crippen LogP contribution in [-0.4, -0.2) is 16.9 Å². The molecular weight excluding hydrogens is 329 g/mol. The van der Waals surface area contributed by atoms with Gasteiger partial charge in [0.15, 0.2) is 5.78 Å². The Bertz CT molecular complexity index is 780. The van der Waals surface area contributed by atoms with Gasteiger partial charge in [-0.05, 0) is 37.6 Å². The monoisotopic (exact) mass is 349 g/mol. The van der Waals surface area contributed by atoms with Crippen molar-refractivity contribution in [3.63, 3.8) is 0 Å². The first kappa shape index (κ1) is 17.2. The number of nitrogens with one attached hydrogen (secondary N) is 1. The van der Waals surface area contributed by atoms with E-state index in [0.717, 1.165) is 21.9 Å². The molecule has 25 heavy (non-hydrogen) atoms. The quantitative estimate of drug-likeness (QED) is 0.663. The third-order valence-electron chi connectivity index (χ3n) is 3.92. The molecule has 1 atom stereocenters. The summed E-state index contributed by atoms with van der Waals surface area (Å²) in [6, 6.07) is 27.6. The molecule has 0 saturated heterocycles. The van der Waals surface area contributed by atoms with Gasteiger partial charge in [0.1, 0.15) is 0 Å². The molecule has 126 valence electrons. The van der Waals surface area contributed by atoms with Crippen molar-refractivity contribution in [1.29, 1.82) is 0 Å². The Morgan fingerprint density at radius 3 is 1.76 bits per heavy atom. The van der Waals surface area contributed by atoms with Crippen LogP contribution in [0.3, 0.4) is 0 Å². The maximum absolute atomic E-state index is 12.1. The lowest BCUT2D eigenvalue weighted by Crippen LogP contribution is -2.34. The summed E-state index contributed by atoms with van der Waals surface area (Å²) in [5.74, 6) is -1.55. The minimum atomic E-state index is -1.10. The number of carboxylic acids is 1. The zero-order valence-corrected chi connectivity index (χ0v) is 14.9. The van der Waals surface area contributed by atoms with Crippen LogP contribution < -0.4 is 15.9 Å². The van der Waals surface area contributed by atoms with Crippen LogP contribution in [0.15, 0.2) is 84.9 Å². The van der Waals surface area contributed by atoms with E-state index in [1.54, 1.807) is 0 Å². The van der Waals surface area contributed by atoms with Crippen LogP contribution in [0.1, 0.15) is 5.56 Å². The normalized spacial score (nSPS) is 11.9. The second-order valence-electron chi connectivity index (χ2n) is 5.79. The van der Waals surface area contributed by atoms with Crippen molar-refractivity contribution < 1.29 is 9.90 Å². The second-order valence-corrected chi connectivity index (χ2v) is 8.08. The van der Waals surface area contributed by atoms with Crippen molar-refractivity contribution in [1.82, 2.24) is 0 Å². The second kappa shape index (κ2) is 7.96. The van der Waals surface area contributed by atoms with Crippen LogP contribution in [0, 0.1) is 6.92 Å². The topological polar surface area (TPSA) is 49.3 Å². The van der Waals surface area contributed by atoms with Crippen LogP contribution in [0.4, 0.5) is 5.69 Å². The Balaban J connectivity index is 2.01. The van der Waals surface area contributed by atoms with Crippen molar-refractivity contribution in [3.8, 4) is 0 Å². The van der Waals surface area contributed by atoms with E-state index in [-0.39, 0.29) is 0 Å². The van der Waals surface area contributed by atoms with Gasteiger partial charge in [0, 0.05) is 5.69 Å². The van der Waals surface area contributed by atoms with Crippen LogP contribution in [0.25, 0.3) is 0 Å². The smallest absolute Gasteiger partial charge is 0.331 e. The van der Waals surface area contributed by atoms with Crippen molar-refractivity contribution in [3.05, 3.63) is 90.5 Å². The lowest BCUT2D eigenvalue weighted by Gasteiger charge is -2.27. The van der Waals surface area contributed by atoms with Gasteiger partial charge in [0.25, 0.3) is 0 Å². The van der Waals surface area contributed by atoms with Crippen molar-refractivity contribution >= 4 is 30.2 Å². The van der Waals surface area contributed by atoms with Crippen LogP contribution in [0.5, 0.6) is 0 Å². The molecule has 3 aromatic rings. The molecule has 4 heteroatoms. The summed E-state index contributed by atoms with van der Waals surface area (Å²) in [5, 5.41) is 15.2. The van der Waals surface area contributed by atoms with E-state index in [1.165, 1.54) is 0 Å². The number of hydrogen-bond donors (Lipinski definition) is 2. The lowest BCUT2D eigenvalue weighted by atomic mass is 10.2. The number of aryl methyl sites for hydroxylation is 1. The molecule has 3 rings (SSSR count). The van der Waals surface area contributed by atoms with Gasteiger partial charge in [0.2, 0.25) is 0 Å². The van der Waals surface area contributed by atoms with Gasteiger partial charge in [-0.1, -0.05) is 78.4 Å². The van der Waals surface area contributed by atoms with E-state index in [0.29, 0.717) is 0 Å². The van der Waals surface area contributed by atoms with Gasteiger partial charge in [-0.3, -0.25) is 0 Å². The number of aliphatic carboxylic acids is 1. The molecule has 3 nitrogen and oxygen atoms in total. The highest BCUT2D eigenvalue weighted by Gasteiger charge is 2.30. The first-order valence-corrected chi connectivity index (χ1v) is 9.51. The summed E-state index contributed by atoms with van der Waals surface area (Å²) < 4.78 is 0. The fourth-order valence-corrected chi connectivity index (χ4v) is 5.05. The first-order valence-electron chi connectivity index (χ1n) is 8.10. The van der Waals surface area contributed by atoms with E-state index in [9.17, 15) is 9.90 Å². The van der Waals surface area contributed by atoms with E-state index < -0.39 is 19.7 Å². The van der Waals surface area contributed by atoms with Gasteiger partial charge in [-0.25, -0.2) is 4.79 Å². The number of benzene rings is 3. The van der Waals surface area contributed by atoms with Crippen molar-refractivity contribution in [2.24, 2.45) is 0 Å². The van der Waals surface area contributed by atoms with Gasteiger partial charge in [-0.15, -0.1) is 0 Å². The van der Waals surface area contributed by atoms with Gasteiger partial charge >= 0.3 is 5.97 Å². The Morgan fingerprint density at radius 2 is 1.32 bits per heavy atom.